The number of benzene rings is 2. The van der Waals surface area contributed by atoms with Crippen LogP contribution in [0, 0.1) is 5.82 Å². The summed E-state index contributed by atoms with van der Waals surface area (Å²) in [6.07, 6.45) is 0.770. The van der Waals surface area contributed by atoms with E-state index in [0.717, 1.165) is 12.0 Å². The van der Waals surface area contributed by atoms with E-state index in [9.17, 15) is 9.18 Å². The number of carbonyl (C=O) groups is 1. The number of nitrogens with one attached hydrogen (secondary N) is 3. The summed E-state index contributed by atoms with van der Waals surface area (Å²) < 4.78 is 13.5. The lowest BCUT2D eigenvalue weighted by atomic mass is 9.84. The Labute approximate surface area is 189 Å². The monoisotopic (exact) mass is 512 g/mol. The van der Waals surface area contributed by atoms with Gasteiger partial charge in [-0.1, -0.05) is 44.2 Å². The molecular weight excluding hydrogens is 482 g/mol. The second kappa shape index (κ2) is 12.4. The van der Waals surface area contributed by atoms with Crippen LogP contribution in [0.2, 0.25) is 0 Å². The smallest absolute Gasteiger partial charge is 0.251 e. The summed E-state index contributed by atoms with van der Waals surface area (Å²) in [4.78, 5) is 16.2. The Hall–Kier alpha value is -2.16. The molecule has 0 aliphatic rings. The Morgan fingerprint density at radius 2 is 1.69 bits per heavy atom. The number of hydrogen-bond donors (Lipinski definition) is 3. The Bertz CT molecular complexity index is 796. The van der Waals surface area contributed by atoms with E-state index in [0.29, 0.717) is 31.2 Å². The number of rotatable bonds is 8. The Morgan fingerprint density at radius 1 is 1.00 bits per heavy atom. The average molecular weight is 512 g/mol. The van der Waals surface area contributed by atoms with Gasteiger partial charge >= 0.3 is 0 Å². The maximum atomic E-state index is 13.5. The van der Waals surface area contributed by atoms with Gasteiger partial charge in [0, 0.05) is 37.7 Å². The molecule has 0 aliphatic heterocycles. The molecule has 0 saturated heterocycles. The van der Waals surface area contributed by atoms with Gasteiger partial charge < -0.3 is 16.0 Å². The van der Waals surface area contributed by atoms with Crippen molar-refractivity contribution in [2.75, 3.05) is 26.7 Å². The molecule has 1 amide bonds. The molecule has 0 unspecified atom stereocenters. The van der Waals surface area contributed by atoms with E-state index >= 15 is 0 Å². The van der Waals surface area contributed by atoms with Gasteiger partial charge in [-0.25, -0.2) is 4.39 Å². The van der Waals surface area contributed by atoms with Crippen molar-refractivity contribution in [3.05, 3.63) is 71.5 Å². The molecule has 5 nitrogen and oxygen atoms in total. The van der Waals surface area contributed by atoms with E-state index in [1.165, 1.54) is 6.07 Å². The molecule has 2 aromatic rings. The maximum absolute atomic E-state index is 13.5. The van der Waals surface area contributed by atoms with Crippen LogP contribution < -0.4 is 16.0 Å². The zero-order valence-electron chi connectivity index (χ0n) is 17.2. The van der Waals surface area contributed by atoms with E-state index in [1.807, 2.05) is 24.3 Å². The molecule has 0 aliphatic carbocycles. The molecule has 0 fully saturated rings. The quantitative estimate of drug-likeness (QED) is 0.219. The minimum Gasteiger partial charge on any atom is -0.356 e. The van der Waals surface area contributed by atoms with Crippen LogP contribution in [0.4, 0.5) is 4.39 Å². The van der Waals surface area contributed by atoms with Crippen LogP contribution in [-0.4, -0.2) is 38.5 Å². The lowest BCUT2D eigenvalue weighted by Gasteiger charge is -2.27. The summed E-state index contributed by atoms with van der Waals surface area (Å²) in [5.41, 5.74) is 1.34. The minimum absolute atomic E-state index is 0. The fraction of sp³-hybridized carbons (Fsp3) is 0.364. The Balaban J connectivity index is 0.00000420. The predicted octanol–water partition coefficient (Wildman–Crippen LogP) is 3.71. The number of hydrogen-bond acceptors (Lipinski definition) is 2. The first-order chi connectivity index (χ1) is 13.4. The molecule has 0 atom stereocenters. The van der Waals surface area contributed by atoms with Gasteiger partial charge in [0.2, 0.25) is 0 Å². The summed E-state index contributed by atoms with van der Waals surface area (Å²) in [5.74, 6) is 0.379. The standard InChI is InChI=1S/C22H29FN4O.HI/c1-22(2,18-11-7-12-19(23)15-18)16-27-21(24-3)26-14-8-13-25-20(28)17-9-5-4-6-10-17;/h4-7,9-12,15H,8,13-14,16H2,1-3H3,(H,25,28)(H2,24,26,27);1H. The summed E-state index contributed by atoms with van der Waals surface area (Å²) in [6, 6.07) is 15.8. The van der Waals surface area contributed by atoms with Crippen molar-refractivity contribution in [1.82, 2.24) is 16.0 Å². The number of halogens is 2. The van der Waals surface area contributed by atoms with Crippen molar-refractivity contribution in [1.29, 1.82) is 0 Å². The van der Waals surface area contributed by atoms with Crippen molar-refractivity contribution in [2.24, 2.45) is 4.99 Å². The van der Waals surface area contributed by atoms with Gasteiger partial charge in [-0.2, -0.15) is 0 Å². The summed E-state index contributed by atoms with van der Waals surface area (Å²) in [5, 5.41) is 9.41. The largest absolute Gasteiger partial charge is 0.356 e. The number of aliphatic imine (C=N–C) groups is 1. The predicted molar refractivity (Wildman–Crippen MR) is 128 cm³/mol. The van der Waals surface area contributed by atoms with E-state index < -0.39 is 0 Å². The van der Waals surface area contributed by atoms with Crippen LogP contribution in [0.15, 0.2) is 59.6 Å². The summed E-state index contributed by atoms with van der Waals surface area (Å²) in [7, 11) is 1.71. The molecular formula is C22H30FIN4O. The highest BCUT2D eigenvalue weighted by Gasteiger charge is 2.21. The number of nitrogens with zero attached hydrogens (tertiary/aromatic N) is 1. The van der Waals surface area contributed by atoms with Crippen LogP contribution in [0.25, 0.3) is 0 Å². The molecule has 0 saturated carbocycles. The number of guanidine groups is 1. The van der Waals surface area contributed by atoms with Gasteiger partial charge in [0.1, 0.15) is 5.82 Å². The van der Waals surface area contributed by atoms with Gasteiger partial charge in [0.25, 0.3) is 5.91 Å². The first-order valence-electron chi connectivity index (χ1n) is 9.46. The highest BCUT2D eigenvalue weighted by molar-refractivity contribution is 14.0. The Kier molecular flexibility index (Phi) is 10.6. The molecule has 2 aromatic carbocycles. The van der Waals surface area contributed by atoms with Gasteiger partial charge in [0.05, 0.1) is 0 Å². The lowest BCUT2D eigenvalue weighted by Crippen LogP contribution is -2.44. The zero-order valence-corrected chi connectivity index (χ0v) is 19.5. The third-order valence-corrected chi connectivity index (χ3v) is 4.50. The van der Waals surface area contributed by atoms with Crippen molar-refractivity contribution in [3.8, 4) is 0 Å². The summed E-state index contributed by atoms with van der Waals surface area (Å²) >= 11 is 0. The molecule has 2 rings (SSSR count). The molecule has 0 spiro atoms. The van der Waals surface area contributed by atoms with Crippen molar-refractivity contribution < 1.29 is 9.18 Å². The molecule has 0 bridgehead atoms. The second-order valence-electron chi connectivity index (χ2n) is 7.22. The first-order valence-corrected chi connectivity index (χ1v) is 9.46. The molecule has 7 heteroatoms. The normalized spacial score (nSPS) is 11.4. The fourth-order valence-electron chi connectivity index (χ4n) is 2.73. The van der Waals surface area contributed by atoms with E-state index in [4.69, 9.17) is 0 Å². The second-order valence-corrected chi connectivity index (χ2v) is 7.22. The van der Waals surface area contributed by atoms with Crippen molar-refractivity contribution >= 4 is 35.8 Å². The van der Waals surface area contributed by atoms with Crippen LogP contribution in [0.3, 0.4) is 0 Å². The third-order valence-electron chi connectivity index (χ3n) is 4.50. The number of amides is 1. The van der Waals surface area contributed by atoms with E-state index in [2.05, 4.69) is 34.8 Å². The van der Waals surface area contributed by atoms with E-state index in [1.54, 1.807) is 31.3 Å². The summed E-state index contributed by atoms with van der Waals surface area (Å²) in [6.45, 7) is 5.98. The van der Waals surface area contributed by atoms with Gasteiger partial charge in [-0.3, -0.25) is 9.79 Å². The number of carbonyl (C=O) groups excluding carboxylic acids is 1. The van der Waals surface area contributed by atoms with Crippen LogP contribution in [0.5, 0.6) is 0 Å². The molecule has 158 valence electrons. The van der Waals surface area contributed by atoms with Crippen LogP contribution >= 0.6 is 24.0 Å². The lowest BCUT2D eigenvalue weighted by molar-refractivity contribution is 0.0953. The first kappa shape index (κ1) is 24.9. The fourth-order valence-corrected chi connectivity index (χ4v) is 2.73. The van der Waals surface area contributed by atoms with Gasteiger partial charge in [-0.15, -0.1) is 24.0 Å². The third kappa shape index (κ3) is 8.39. The topological polar surface area (TPSA) is 65.5 Å². The minimum atomic E-state index is -0.247. The van der Waals surface area contributed by atoms with E-state index in [-0.39, 0.29) is 41.1 Å². The van der Waals surface area contributed by atoms with Crippen molar-refractivity contribution in [2.45, 2.75) is 25.7 Å². The average Bonchev–Trinajstić information content (AvgIpc) is 2.70. The SMILES string of the molecule is CN=C(NCCCNC(=O)c1ccccc1)NCC(C)(C)c1cccc(F)c1.I. The molecule has 0 radical (unpaired) electrons. The van der Waals surface area contributed by atoms with Crippen LogP contribution in [0.1, 0.15) is 36.2 Å². The van der Waals surface area contributed by atoms with Crippen LogP contribution in [-0.2, 0) is 5.41 Å². The highest BCUT2D eigenvalue weighted by Crippen LogP contribution is 2.22. The molecule has 0 aromatic heterocycles. The van der Waals surface area contributed by atoms with Gasteiger partial charge in [-0.05, 0) is 36.2 Å². The Morgan fingerprint density at radius 3 is 2.34 bits per heavy atom. The molecule has 3 N–H and O–H groups in total. The highest BCUT2D eigenvalue weighted by atomic mass is 127. The maximum Gasteiger partial charge on any atom is 0.251 e. The van der Waals surface area contributed by atoms with Crippen molar-refractivity contribution in [3.63, 3.8) is 0 Å². The zero-order chi connectivity index (χ0) is 20.4. The molecule has 29 heavy (non-hydrogen) atoms. The van der Waals surface area contributed by atoms with Gasteiger partial charge in [0.15, 0.2) is 5.96 Å². The molecule has 0 heterocycles.